The van der Waals surface area contributed by atoms with E-state index in [2.05, 4.69) is 36.5 Å². The van der Waals surface area contributed by atoms with Crippen LogP contribution in [-0.2, 0) is 6.42 Å². The summed E-state index contributed by atoms with van der Waals surface area (Å²) >= 11 is 0. The summed E-state index contributed by atoms with van der Waals surface area (Å²) in [5.41, 5.74) is 10.1. The third-order valence-corrected chi connectivity index (χ3v) is 3.44. The minimum absolute atomic E-state index is 0.0148. The van der Waals surface area contributed by atoms with Crippen molar-refractivity contribution in [2.75, 3.05) is 17.7 Å². The van der Waals surface area contributed by atoms with E-state index in [0.717, 1.165) is 18.5 Å². The van der Waals surface area contributed by atoms with Crippen molar-refractivity contribution in [1.29, 1.82) is 0 Å². The fraction of sp³-hybridized carbons (Fsp3) is 0.294. The Hall–Kier alpha value is -2.00. The smallest absolute Gasteiger partial charge is 0.0632 e. The number of aliphatic hydroxyl groups excluding tert-OH is 1. The first-order chi connectivity index (χ1) is 9.69. The predicted octanol–water partition coefficient (Wildman–Crippen LogP) is 2.98. The lowest BCUT2D eigenvalue weighted by atomic mass is 10.0. The van der Waals surface area contributed by atoms with Crippen LogP contribution in [0.15, 0.2) is 48.5 Å². The van der Waals surface area contributed by atoms with Gasteiger partial charge in [-0.05, 0) is 37.5 Å². The van der Waals surface area contributed by atoms with Crippen molar-refractivity contribution >= 4 is 11.4 Å². The van der Waals surface area contributed by atoms with Gasteiger partial charge in [0.25, 0.3) is 0 Å². The van der Waals surface area contributed by atoms with Gasteiger partial charge in [0.15, 0.2) is 0 Å². The lowest BCUT2D eigenvalue weighted by Crippen LogP contribution is -2.25. The van der Waals surface area contributed by atoms with Crippen LogP contribution in [0.4, 0.5) is 11.4 Å². The average Bonchev–Trinajstić information content (AvgIpc) is 2.47. The summed E-state index contributed by atoms with van der Waals surface area (Å²) in [5.74, 6) is 0. The van der Waals surface area contributed by atoms with Gasteiger partial charge < -0.3 is 16.2 Å². The molecule has 20 heavy (non-hydrogen) atoms. The Morgan fingerprint density at radius 2 is 1.80 bits per heavy atom. The minimum Gasteiger partial charge on any atom is -0.397 e. The Labute approximate surface area is 120 Å². The van der Waals surface area contributed by atoms with Gasteiger partial charge in [0, 0.05) is 6.04 Å². The quantitative estimate of drug-likeness (QED) is 0.707. The van der Waals surface area contributed by atoms with Crippen LogP contribution in [0, 0.1) is 6.92 Å². The number of hydrogen-bond acceptors (Lipinski definition) is 3. The fourth-order valence-corrected chi connectivity index (χ4v) is 2.15. The number of para-hydroxylation sites is 2. The second-order valence-electron chi connectivity index (χ2n) is 5.14. The molecule has 2 aromatic carbocycles. The Morgan fingerprint density at radius 1 is 1.10 bits per heavy atom. The van der Waals surface area contributed by atoms with Gasteiger partial charge in [-0.1, -0.05) is 42.0 Å². The number of nitrogen functional groups attached to an aromatic ring is 1. The molecule has 106 valence electrons. The standard InChI is InChI=1S/C17H22N2O/c1-13-6-8-14(9-7-13)10-11-15(12-20)19-17-5-3-2-4-16(17)18/h2-9,15,19-20H,10-12,18H2,1H3. The largest absolute Gasteiger partial charge is 0.397 e. The van der Waals surface area contributed by atoms with E-state index in [9.17, 15) is 5.11 Å². The molecule has 0 heterocycles. The highest BCUT2D eigenvalue weighted by atomic mass is 16.3. The molecule has 0 amide bonds. The molecule has 0 aliphatic heterocycles. The van der Waals surface area contributed by atoms with Crippen LogP contribution in [0.25, 0.3) is 0 Å². The van der Waals surface area contributed by atoms with Crippen molar-refractivity contribution in [2.24, 2.45) is 0 Å². The van der Waals surface area contributed by atoms with Crippen molar-refractivity contribution in [3.05, 3.63) is 59.7 Å². The topological polar surface area (TPSA) is 58.3 Å². The molecule has 2 rings (SSSR count). The number of benzene rings is 2. The van der Waals surface area contributed by atoms with Gasteiger partial charge in [-0.25, -0.2) is 0 Å². The Balaban J connectivity index is 1.92. The molecule has 0 fully saturated rings. The Bertz CT molecular complexity index is 537. The first-order valence-corrected chi connectivity index (χ1v) is 6.96. The molecular formula is C17H22N2O. The maximum absolute atomic E-state index is 9.50. The van der Waals surface area contributed by atoms with Crippen molar-refractivity contribution in [2.45, 2.75) is 25.8 Å². The summed E-state index contributed by atoms with van der Waals surface area (Å²) in [7, 11) is 0. The second-order valence-corrected chi connectivity index (χ2v) is 5.14. The third kappa shape index (κ3) is 4.00. The molecule has 0 aliphatic rings. The van der Waals surface area contributed by atoms with E-state index >= 15 is 0 Å². The van der Waals surface area contributed by atoms with Gasteiger partial charge in [0.2, 0.25) is 0 Å². The minimum atomic E-state index is 0.0148. The Morgan fingerprint density at radius 3 is 2.45 bits per heavy atom. The zero-order chi connectivity index (χ0) is 14.4. The summed E-state index contributed by atoms with van der Waals surface area (Å²) in [6.07, 6.45) is 1.80. The van der Waals surface area contributed by atoms with Gasteiger partial charge in [-0.2, -0.15) is 0 Å². The van der Waals surface area contributed by atoms with E-state index in [0.29, 0.717) is 5.69 Å². The zero-order valence-corrected chi connectivity index (χ0v) is 11.8. The van der Waals surface area contributed by atoms with E-state index < -0.39 is 0 Å². The maximum Gasteiger partial charge on any atom is 0.0632 e. The highest BCUT2D eigenvalue weighted by Crippen LogP contribution is 2.19. The number of nitrogens with one attached hydrogen (secondary N) is 1. The summed E-state index contributed by atoms with van der Waals surface area (Å²) in [5, 5.41) is 12.8. The van der Waals surface area contributed by atoms with Gasteiger partial charge in [-0.3, -0.25) is 0 Å². The lowest BCUT2D eigenvalue weighted by Gasteiger charge is -2.18. The molecule has 3 nitrogen and oxygen atoms in total. The lowest BCUT2D eigenvalue weighted by molar-refractivity contribution is 0.269. The van der Waals surface area contributed by atoms with E-state index in [1.54, 1.807) is 0 Å². The highest BCUT2D eigenvalue weighted by molar-refractivity contribution is 5.65. The van der Waals surface area contributed by atoms with Crippen molar-refractivity contribution in [3.63, 3.8) is 0 Å². The molecule has 0 aromatic heterocycles. The number of nitrogens with two attached hydrogens (primary N) is 1. The van der Waals surface area contributed by atoms with Crippen LogP contribution >= 0.6 is 0 Å². The highest BCUT2D eigenvalue weighted by Gasteiger charge is 2.09. The van der Waals surface area contributed by atoms with Crippen LogP contribution in [0.2, 0.25) is 0 Å². The molecule has 0 bridgehead atoms. The van der Waals surface area contributed by atoms with Crippen molar-refractivity contribution < 1.29 is 5.11 Å². The van der Waals surface area contributed by atoms with E-state index in [1.807, 2.05) is 24.3 Å². The summed E-state index contributed by atoms with van der Waals surface area (Å²) in [6.45, 7) is 2.18. The molecule has 2 aromatic rings. The summed E-state index contributed by atoms with van der Waals surface area (Å²) in [6, 6.07) is 16.2. The molecule has 0 spiro atoms. The van der Waals surface area contributed by atoms with Crippen LogP contribution in [-0.4, -0.2) is 17.8 Å². The number of aliphatic hydroxyl groups is 1. The molecule has 0 radical (unpaired) electrons. The van der Waals surface area contributed by atoms with Crippen molar-refractivity contribution in [3.8, 4) is 0 Å². The van der Waals surface area contributed by atoms with E-state index in [-0.39, 0.29) is 12.6 Å². The molecule has 4 N–H and O–H groups in total. The molecule has 1 atom stereocenters. The number of hydrogen-bond donors (Lipinski definition) is 3. The first-order valence-electron chi connectivity index (χ1n) is 6.96. The maximum atomic E-state index is 9.50. The number of aryl methyl sites for hydroxylation is 2. The number of anilines is 2. The molecule has 0 aliphatic carbocycles. The monoisotopic (exact) mass is 270 g/mol. The summed E-state index contributed by atoms with van der Waals surface area (Å²) < 4.78 is 0. The molecule has 0 saturated carbocycles. The fourth-order valence-electron chi connectivity index (χ4n) is 2.15. The van der Waals surface area contributed by atoms with E-state index in [4.69, 9.17) is 5.73 Å². The van der Waals surface area contributed by atoms with Crippen LogP contribution in [0.3, 0.4) is 0 Å². The molecular weight excluding hydrogens is 248 g/mol. The van der Waals surface area contributed by atoms with Gasteiger partial charge in [-0.15, -0.1) is 0 Å². The zero-order valence-electron chi connectivity index (χ0n) is 11.8. The predicted molar refractivity (Wildman–Crippen MR) is 84.9 cm³/mol. The number of rotatable bonds is 6. The Kier molecular flexibility index (Phi) is 5.02. The summed E-state index contributed by atoms with van der Waals surface area (Å²) in [4.78, 5) is 0. The molecule has 1 unspecified atom stereocenters. The van der Waals surface area contributed by atoms with Gasteiger partial charge in [0.1, 0.15) is 0 Å². The second kappa shape index (κ2) is 6.96. The normalized spacial score (nSPS) is 12.1. The SMILES string of the molecule is Cc1ccc(CCC(CO)Nc2ccccc2N)cc1. The third-order valence-electron chi connectivity index (χ3n) is 3.44. The van der Waals surface area contributed by atoms with Gasteiger partial charge >= 0.3 is 0 Å². The van der Waals surface area contributed by atoms with E-state index in [1.165, 1.54) is 11.1 Å². The van der Waals surface area contributed by atoms with Crippen LogP contribution in [0.1, 0.15) is 17.5 Å². The molecule has 0 saturated heterocycles. The molecule has 3 heteroatoms. The van der Waals surface area contributed by atoms with Crippen molar-refractivity contribution in [1.82, 2.24) is 0 Å². The average molecular weight is 270 g/mol. The van der Waals surface area contributed by atoms with Gasteiger partial charge in [0.05, 0.1) is 18.0 Å². The van der Waals surface area contributed by atoms with Crippen LogP contribution < -0.4 is 11.1 Å². The van der Waals surface area contributed by atoms with Crippen LogP contribution in [0.5, 0.6) is 0 Å². The first kappa shape index (κ1) is 14.4.